The molecule has 5 nitrogen and oxygen atoms in total. The van der Waals surface area contributed by atoms with E-state index in [4.69, 9.17) is 9.15 Å². The maximum absolute atomic E-state index is 13.2. The minimum absolute atomic E-state index is 0.116. The predicted octanol–water partition coefficient (Wildman–Crippen LogP) is 5.85. The summed E-state index contributed by atoms with van der Waals surface area (Å²) in [6.45, 7) is 7.83. The second kappa shape index (κ2) is 9.96. The van der Waals surface area contributed by atoms with Crippen molar-refractivity contribution in [2.45, 2.75) is 33.1 Å². The van der Waals surface area contributed by atoms with Gasteiger partial charge in [-0.25, -0.2) is 4.79 Å². The van der Waals surface area contributed by atoms with Crippen LogP contribution >= 0.6 is 0 Å². The van der Waals surface area contributed by atoms with Gasteiger partial charge < -0.3 is 14.3 Å². The lowest BCUT2D eigenvalue weighted by atomic mass is 9.91. The van der Waals surface area contributed by atoms with Gasteiger partial charge in [0.25, 0.3) is 0 Å². The van der Waals surface area contributed by atoms with Crippen LogP contribution in [0, 0.1) is 13.8 Å². The number of aromatic hydroxyl groups is 1. The molecule has 3 aromatic carbocycles. The smallest absolute Gasteiger partial charge is 0.344 e. The minimum Gasteiger partial charge on any atom is -0.508 e. The number of ether oxygens (including phenoxy) is 1. The molecule has 0 unspecified atom stereocenters. The van der Waals surface area contributed by atoms with Crippen molar-refractivity contribution in [1.82, 2.24) is 4.90 Å². The number of fused-ring (bicyclic) bond motifs is 1. The number of hydrogen-bond acceptors (Lipinski definition) is 5. The number of phenolic OH excluding ortho intramolecular Hbond substituents is 1. The van der Waals surface area contributed by atoms with E-state index in [1.165, 1.54) is 32.0 Å². The standard InChI is InChI=1S/C30H31NO4/c1-20-7-3-4-8-24(20)29-26(25-17-21(2)27(32)19-28(25)35-30(29)33)18-22-9-11-23(12-10-22)34-16-15-31-13-5-6-14-31/h3-4,7-12,17,19,32H,5-6,13-16,18H2,1-2H3. The van der Waals surface area contributed by atoms with E-state index < -0.39 is 5.63 Å². The van der Waals surface area contributed by atoms with Gasteiger partial charge in [0.2, 0.25) is 0 Å². The minimum atomic E-state index is -0.396. The summed E-state index contributed by atoms with van der Waals surface area (Å²) in [5.41, 5.74) is 5.17. The average molecular weight is 470 g/mol. The first kappa shape index (κ1) is 23.2. The zero-order valence-electron chi connectivity index (χ0n) is 20.3. The van der Waals surface area contributed by atoms with Crippen LogP contribution in [0.4, 0.5) is 0 Å². The molecule has 2 heterocycles. The largest absolute Gasteiger partial charge is 0.508 e. The van der Waals surface area contributed by atoms with Crippen molar-refractivity contribution in [3.05, 3.63) is 93.3 Å². The van der Waals surface area contributed by atoms with Crippen LogP contribution in [-0.2, 0) is 6.42 Å². The topological polar surface area (TPSA) is 62.9 Å². The van der Waals surface area contributed by atoms with Gasteiger partial charge in [0.15, 0.2) is 0 Å². The zero-order valence-corrected chi connectivity index (χ0v) is 20.3. The van der Waals surface area contributed by atoms with Crippen LogP contribution in [0.25, 0.3) is 22.1 Å². The van der Waals surface area contributed by atoms with Gasteiger partial charge in [0.1, 0.15) is 23.7 Å². The van der Waals surface area contributed by atoms with Crippen LogP contribution in [0.3, 0.4) is 0 Å². The Hall–Kier alpha value is -3.57. The monoisotopic (exact) mass is 469 g/mol. The van der Waals surface area contributed by atoms with Crippen molar-refractivity contribution >= 4 is 11.0 Å². The van der Waals surface area contributed by atoms with Gasteiger partial charge in [0.05, 0.1) is 5.56 Å². The fourth-order valence-corrected chi connectivity index (χ4v) is 4.92. The summed E-state index contributed by atoms with van der Waals surface area (Å²) < 4.78 is 11.6. The van der Waals surface area contributed by atoms with E-state index in [-0.39, 0.29) is 5.75 Å². The Balaban J connectivity index is 1.49. The van der Waals surface area contributed by atoms with E-state index in [0.717, 1.165) is 45.5 Å². The molecule has 180 valence electrons. The third-order valence-electron chi connectivity index (χ3n) is 6.93. The van der Waals surface area contributed by atoms with E-state index in [1.807, 2.05) is 56.3 Å². The van der Waals surface area contributed by atoms with Gasteiger partial charge in [0, 0.05) is 18.0 Å². The van der Waals surface area contributed by atoms with Crippen LogP contribution in [0.1, 0.15) is 35.1 Å². The number of likely N-dealkylation sites (tertiary alicyclic amines) is 1. The highest BCUT2D eigenvalue weighted by molar-refractivity contribution is 5.89. The number of nitrogens with zero attached hydrogens (tertiary/aromatic N) is 1. The van der Waals surface area contributed by atoms with Crippen molar-refractivity contribution in [1.29, 1.82) is 0 Å². The van der Waals surface area contributed by atoms with Gasteiger partial charge in [-0.15, -0.1) is 0 Å². The lowest BCUT2D eigenvalue weighted by molar-refractivity contribution is 0.238. The highest BCUT2D eigenvalue weighted by Crippen LogP contribution is 2.34. The average Bonchev–Trinajstić information content (AvgIpc) is 3.36. The molecule has 1 saturated heterocycles. The van der Waals surface area contributed by atoms with Gasteiger partial charge >= 0.3 is 5.63 Å². The van der Waals surface area contributed by atoms with E-state index in [2.05, 4.69) is 17.0 Å². The van der Waals surface area contributed by atoms with Crippen molar-refractivity contribution in [2.75, 3.05) is 26.2 Å². The van der Waals surface area contributed by atoms with Gasteiger partial charge in [-0.2, -0.15) is 0 Å². The number of phenols is 1. The molecule has 0 saturated carbocycles. The van der Waals surface area contributed by atoms with Crippen LogP contribution in [0.2, 0.25) is 0 Å². The molecule has 0 aliphatic carbocycles. The molecule has 0 amide bonds. The first-order chi connectivity index (χ1) is 17.0. The molecular formula is C30H31NO4. The summed E-state index contributed by atoms with van der Waals surface area (Å²) >= 11 is 0. The molecular weight excluding hydrogens is 438 g/mol. The summed E-state index contributed by atoms with van der Waals surface area (Å²) in [5, 5.41) is 11.0. The molecule has 1 aliphatic heterocycles. The van der Waals surface area contributed by atoms with E-state index in [9.17, 15) is 9.90 Å². The SMILES string of the molecule is Cc1cc2c(Cc3ccc(OCCN4CCCC4)cc3)c(-c3ccccc3C)c(=O)oc2cc1O. The van der Waals surface area contributed by atoms with Crippen molar-refractivity contribution in [3.63, 3.8) is 0 Å². The van der Waals surface area contributed by atoms with Crippen molar-refractivity contribution in [3.8, 4) is 22.6 Å². The third-order valence-corrected chi connectivity index (χ3v) is 6.93. The lowest BCUT2D eigenvalue weighted by Gasteiger charge is -2.16. The Kier molecular flexibility index (Phi) is 6.60. The van der Waals surface area contributed by atoms with E-state index in [1.54, 1.807) is 0 Å². The second-order valence-electron chi connectivity index (χ2n) is 9.41. The summed E-state index contributed by atoms with van der Waals surface area (Å²) in [6, 6.07) is 19.4. The van der Waals surface area contributed by atoms with Gasteiger partial charge in [-0.05, 0) is 92.2 Å². The van der Waals surface area contributed by atoms with Gasteiger partial charge in [-0.3, -0.25) is 4.90 Å². The molecule has 1 fully saturated rings. The third kappa shape index (κ3) is 4.96. The molecule has 35 heavy (non-hydrogen) atoms. The molecule has 5 rings (SSSR count). The number of hydrogen-bond donors (Lipinski definition) is 1. The van der Waals surface area contributed by atoms with Crippen LogP contribution in [0.5, 0.6) is 11.5 Å². The molecule has 0 spiro atoms. The number of aryl methyl sites for hydroxylation is 2. The molecule has 0 atom stereocenters. The normalized spacial score (nSPS) is 14.0. The quantitative estimate of drug-likeness (QED) is 0.344. The highest BCUT2D eigenvalue weighted by atomic mass is 16.5. The number of rotatable bonds is 7. The fourth-order valence-electron chi connectivity index (χ4n) is 4.92. The van der Waals surface area contributed by atoms with Gasteiger partial charge in [-0.1, -0.05) is 36.4 Å². The Morgan fingerprint density at radius 3 is 2.46 bits per heavy atom. The molecule has 1 aliphatic rings. The molecule has 1 aromatic heterocycles. The predicted molar refractivity (Wildman–Crippen MR) is 139 cm³/mol. The van der Waals surface area contributed by atoms with Crippen LogP contribution < -0.4 is 10.4 Å². The first-order valence-corrected chi connectivity index (χ1v) is 12.3. The highest BCUT2D eigenvalue weighted by Gasteiger charge is 2.19. The number of benzene rings is 3. The zero-order chi connectivity index (χ0) is 24.4. The van der Waals surface area contributed by atoms with E-state index >= 15 is 0 Å². The van der Waals surface area contributed by atoms with Crippen molar-refractivity contribution < 1.29 is 14.3 Å². The lowest BCUT2D eigenvalue weighted by Crippen LogP contribution is -2.25. The molecule has 5 heteroatoms. The first-order valence-electron chi connectivity index (χ1n) is 12.3. The Morgan fingerprint density at radius 1 is 0.971 bits per heavy atom. The Morgan fingerprint density at radius 2 is 1.71 bits per heavy atom. The van der Waals surface area contributed by atoms with Crippen LogP contribution in [0.15, 0.2) is 69.9 Å². The maximum atomic E-state index is 13.2. The maximum Gasteiger partial charge on any atom is 0.344 e. The second-order valence-corrected chi connectivity index (χ2v) is 9.41. The summed E-state index contributed by atoms with van der Waals surface area (Å²) in [7, 11) is 0. The van der Waals surface area contributed by atoms with E-state index in [0.29, 0.717) is 24.2 Å². The Labute approximate surface area is 205 Å². The summed E-state index contributed by atoms with van der Waals surface area (Å²) in [5.74, 6) is 0.968. The van der Waals surface area contributed by atoms with Crippen molar-refractivity contribution in [2.24, 2.45) is 0 Å². The molecule has 1 N–H and O–H groups in total. The summed E-state index contributed by atoms with van der Waals surface area (Å²) in [4.78, 5) is 15.6. The molecule has 0 radical (unpaired) electrons. The molecule has 4 aromatic rings. The fraction of sp³-hybridized carbons (Fsp3) is 0.300. The Bertz CT molecular complexity index is 1400. The molecule has 0 bridgehead atoms. The van der Waals surface area contributed by atoms with Crippen LogP contribution in [-0.4, -0.2) is 36.2 Å². The summed E-state index contributed by atoms with van der Waals surface area (Å²) in [6.07, 6.45) is 3.12.